The Kier molecular flexibility index (Phi) is 4.27. The van der Waals surface area contributed by atoms with Gasteiger partial charge in [-0.1, -0.05) is 35.4 Å². The minimum absolute atomic E-state index is 0.0514. The Morgan fingerprint density at radius 3 is 2.42 bits per heavy atom. The second-order valence-corrected chi connectivity index (χ2v) is 5.71. The van der Waals surface area contributed by atoms with Gasteiger partial charge in [0.25, 0.3) is 11.8 Å². The predicted octanol–water partition coefficient (Wildman–Crippen LogP) is 3.44. The van der Waals surface area contributed by atoms with Gasteiger partial charge < -0.3 is 10.1 Å². The number of methoxy groups -OCH3 is 1. The number of hydrogen-bond acceptors (Lipinski definition) is 4. The second kappa shape index (κ2) is 6.37. The van der Waals surface area contributed by atoms with Crippen molar-refractivity contribution in [3.8, 4) is 5.75 Å². The predicted molar refractivity (Wildman–Crippen MR) is 93.2 cm³/mol. The highest BCUT2D eigenvalue weighted by molar-refractivity contribution is 6.53. The molecule has 0 saturated carbocycles. The molecule has 0 aromatic heterocycles. The fourth-order valence-electron chi connectivity index (χ4n) is 2.38. The van der Waals surface area contributed by atoms with Gasteiger partial charge in [-0.25, -0.2) is 4.90 Å². The Morgan fingerprint density at radius 1 is 1.04 bits per heavy atom. The van der Waals surface area contributed by atoms with Crippen LogP contribution >= 0.6 is 11.6 Å². The first kappa shape index (κ1) is 16.1. The second-order valence-electron chi connectivity index (χ2n) is 5.33. The number of rotatable bonds is 4. The van der Waals surface area contributed by atoms with Crippen LogP contribution in [-0.4, -0.2) is 18.9 Å². The quantitative estimate of drug-likeness (QED) is 0.865. The molecular formula is C18H15ClN2O3. The molecule has 0 aliphatic carbocycles. The van der Waals surface area contributed by atoms with E-state index in [9.17, 15) is 9.59 Å². The molecule has 1 aliphatic rings. The Labute approximate surface area is 144 Å². The van der Waals surface area contributed by atoms with E-state index in [1.807, 2.05) is 19.1 Å². The van der Waals surface area contributed by atoms with E-state index in [1.165, 1.54) is 0 Å². The van der Waals surface area contributed by atoms with E-state index >= 15 is 0 Å². The van der Waals surface area contributed by atoms with Crippen LogP contribution < -0.4 is 15.0 Å². The average Bonchev–Trinajstić information content (AvgIpc) is 2.80. The molecule has 0 bridgehead atoms. The maximum Gasteiger partial charge on any atom is 0.283 e. The molecule has 2 aromatic carbocycles. The number of benzene rings is 2. The highest BCUT2D eigenvalue weighted by atomic mass is 35.5. The first-order chi connectivity index (χ1) is 11.5. The minimum atomic E-state index is -0.545. The Balaban J connectivity index is 1.90. The molecule has 0 atom stereocenters. The molecule has 2 amide bonds. The molecule has 122 valence electrons. The number of halogens is 1. The van der Waals surface area contributed by atoms with Crippen LogP contribution in [0.2, 0.25) is 0 Å². The minimum Gasteiger partial charge on any atom is -0.497 e. The number of carbonyl (C=O) groups excluding carboxylic acids is 2. The van der Waals surface area contributed by atoms with E-state index in [1.54, 1.807) is 43.5 Å². The summed E-state index contributed by atoms with van der Waals surface area (Å²) in [6.07, 6.45) is 0. The van der Waals surface area contributed by atoms with Gasteiger partial charge in [0, 0.05) is 11.8 Å². The first-order valence-electron chi connectivity index (χ1n) is 7.27. The van der Waals surface area contributed by atoms with Gasteiger partial charge in [0.2, 0.25) is 0 Å². The summed E-state index contributed by atoms with van der Waals surface area (Å²) in [5.41, 5.74) is 2.17. The molecule has 0 saturated heterocycles. The van der Waals surface area contributed by atoms with Gasteiger partial charge >= 0.3 is 0 Å². The number of hydrogen-bond donors (Lipinski definition) is 1. The van der Waals surface area contributed by atoms with Crippen molar-refractivity contribution in [1.82, 2.24) is 0 Å². The smallest absolute Gasteiger partial charge is 0.283 e. The summed E-state index contributed by atoms with van der Waals surface area (Å²) in [6, 6.07) is 14.1. The molecule has 3 rings (SSSR count). The van der Waals surface area contributed by atoms with Crippen LogP contribution in [0.1, 0.15) is 5.56 Å². The maximum atomic E-state index is 12.6. The van der Waals surface area contributed by atoms with Gasteiger partial charge in [0.05, 0.1) is 12.8 Å². The standard InChI is InChI=1S/C18H15ClN2O3/c1-11-6-8-13(9-7-11)21-17(22)15(19)16(18(21)23)20-12-4-3-5-14(10-12)24-2/h3-10,20H,1-2H3. The van der Waals surface area contributed by atoms with E-state index < -0.39 is 11.8 Å². The van der Waals surface area contributed by atoms with Crippen molar-refractivity contribution in [2.45, 2.75) is 6.92 Å². The zero-order valence-electron chi connectivity index (χ0n) is 13.2. The Morgan fingerprint density at radius 2 is 1.75 bits per heavy atom. The fraction of sp³-hybridized carbons (Fsp3) is 0.111. The van der Waals surface area contributed by atoms with Crippen LogP contribution in [0.3, 0.4) is 0 Å². The Hall–Kier alpha value is -2.79. The lowest BCUT2D eigenvalue weighted by molar-refractivity contribution is -0.120. The summed E-state index contributed by atoms with van der Waals surface area (Å²) in [7, 11) is 1.55. The van der Waals surface area contributed by atoms with Crippen molar-refractivity contribution < 1.29 is 14.3 Å². The third kappa shape index (κ3) is 2.86. The molecule has 5 nitrogen and oxygen atoms in total. The lowest BCUT2D eigenvalue weighted by atomic mass is 10.2. The van der Waals surface area contributed by atoms with Gasteiger partial charge in [-0.2, -0.15) is 0 Å². The van der Waals surface area contributed by atoms with Crippen LogP contribution in [0.25, 0.3) is 0 Å². The van der Waals surface area contributed by atoms with Gasteiger partial charge in [-0.05, 0) is 31.2 Å². The number of nitrogens with one attached hydrogen (secondary N) is 1. The number of carbonyl (C=O) groups is 2. The summed E-state index contributed by atoms with van der Waals surface area (Å²) in [5, 5.41) is 2.78. The number of imide groups is 1. The number of aryl methyl sites for hydroxylation is 1. The Bertz CT molecular complexity index is 844. The summed E-state index contributed by atoms with van der Waals surface area (Å²) in [4.78, 5) is 26.1. The summed E-state index contributed by atoms with van der Waals surface area (Å²) >= 11 is 6.10. The number of anilines is 2. The number of ether oxygens (including phenoxy) is 1. The summed E-state index contributed by atoms with van der Waals surface area (Å²) in [5.74, 6) is -0.406. The van der Waals surface area contributed by atoms with Gasteiger partial charge in [0.15, 0.2) is 0 Å². The molecule has 1 N–H and O–H groups in total. The molecule has 0 fully saturated rings. The van der Waals surface area contributed by atoms with E-state index in [4.69, 9.17) is 16.3 Å². The van der Waals surface area contributed by atoms with Crippen LogP contribution in [0.5, 0.6) is 5.75 Å². The normalized spacial score (nSPS) is 14.4. The van der Waals surface area contributed by atoms with E-state index in [2.05, 4.69) is 5.32 Å². The summed E-state index contributed by atoms with van der Waals surface area (Å²) < 4.78 is 5.14. The molecule has 0 spiro atoms. The zero-order valence-corrected chi connectivity index (χ0v) is 13.9. The van der Waals surface area contributed by atoms with Crippen LogP contribution in [0.4, 0.5) is 11.4 Å². The zero-order chi connectivity index (χ0) is 17.3. The summed E-state index contributed by atoms with van der Waals surface area (Å²) in [6.45, 7) is 1.93. The van der Waals surface area contributed by atoms with Crippen LogP contribution in [-0.2, 0) is 9.59 Å². The lowest BCUT2D eigenvalue weighted by Gasteiger charge is -2.15. The number of amides is 2. The monoisotopic (exact) mass is 342 g/mol. The molecular weight excluding hydrogens is 328 g/mol. The van der Waals surface area contributed by atoms with Crippen LogP contribution in [0.15, 0.2) is 59.3 Å². The molecule has 0 unspecified atom stereocenters. The molecule has 1 heterocycles. The highest BCUT2D eigenvalue weighted by Gasteiger charge is 2.38. The molecule has 0 radical (unpaired) electrons. The van der Waals surface area contributed by atoms with Crippen molar-refractivity contribution in [2.75, 3.05) is 17.3 Å². The SMILES string of the molecule is COc1cccc(NC2=C(Cl)C(=O)N(c3ccc(C)cc3)C2=O)c1. The van der Waals surface area contributed by atoms with Gasteiger partial charge in [-0.3, -0.25) is 9.59 Å². The maximum absolute atomic E-state index is 12.6. The van der Waals surface area contributed by atoms with Crippen molar-refractivity contribution in [3.63, 3.8) is 0 Å². The van der Waals surface area contributed by atoms with Crippen molar-refractivity contribution in [3.05, 3.63) is 64.8 Å². The van der Waals surface area contributed by atoms with E-state index in [0.29, 0.717) is 17.1 Å². The molecule has 6 heteroatoms. The van der Waals surface area contributed by atoms with Crippen LogP contribution in [0, 0.1) is 6.92 Å². The highest BCUT2D eigenvalue weighted by Crippen LogP contribution is 2.30. The van der Waals surface area contributed by atoms with Gasteiger partial charge in [0.1, 0.15) is 16.5 Å². The van der Waals surface area contributed by atoms with Gasteiger partial charge in [-0.15, -0.1) is 0 Å². The van der Waals surface area contributed by atoms with Crippen molar-refractivity contribution >= 4 is 34.8 Å². The van der Waals surface area contributed by atoms with Crippen molar-refractivity contribution in [1.29, 1.82) is 0 Å². The largest absolute Gasteiger partial charge is 0.497 e. The molecule has 2 aromatic rings. The number of nitrogens with zero attached hydrogens (tertiary/aromatic N) is 1. The third-order valence-corrected chi connectivity index (χ3v) is 4.01. The third-order valence-electron chi connectivity index (χ3n) is 3.66. The molecule has 1 aliphatic heterocycles. The topological polar surface area (TPSA) is 58.6 Å². The lowest BCUT2D eigenvalue weighted by Crippen LogP contribution is -2.32. The fourth-order valence-corrected chi connectivity index (χ4v) is 2.60. The van der Waals surface area contributed by atoms with E-state index in [0.717, 1.165) is 10.5 Å². The van der Waals surface area contributed by atoms with Crippen molar-refractivity contribution in [2.24, 2.45) is 0 Å². The first-order valence-corrected chi connectivity index (χ1v) is 7.65. The van der Waals surface area contributed by atoms with E-state index in [-0.39, 0.29) is 10.7 Å². The molecule has 24 heavy (non-hydrogen) atoms. The average molecular weight is 343 g/mol.